The van der Waals surface area contributed by atoms with Gasteiger partial charge in [-0.1, -0.05) is 43.4 Å². The van der Waals surface area contributed by atoms with Crippen LogP contribution in [-0.2, 0) is 9.22 Å². The van der Waals surface area contributed by atoms with Crippen LogP contribution in [0.1, 0.15) is 27.2 Å². The third-order valence-electron chi connectivity index (χ3n) is 3.53. The third-order valence-corrected chi connectivity index (χ3v) is 8.98. The minimum absolute atomic E-state index is 0.153. The summed E-state index contributed by atoms with van der Waals surface area (Å²) in [5.41, 5.74) is 0. The lowest BCUT2D eigenvalue weighted by Gasteiger charge is -2.36. The van der Waals surface area contributed by atoms with Crippen LogP contribution >= 0.6 is 22.6 Å². The average Bonchev–Trinajstić information content (AvgIpc) is 2.43. The number of rotatable bonds is 3. The summed E-state index contributed by atoms with van der Waals surface area (Å²) < 4.78 is 7.03. The van der Waals surface area contributed by atoms with Crippen molar-refractivity contribution in [2.24, 2.45) is 5.92 Å². The molecule has 0 amide bonds. The fourth-order valence-electron chi connectivity index (χ4n) is 1.36. The highest BCUT2D eigenvalue weighted by Gasteiger charge is 2.40. The molecule has 0 fully saturated rings. The predicted molar refractivity (Wildman–Crippen MR) is 78.4 cm³/mol. The fourth-order valence-corrected chi connectivity index (χ4v) is 3.21. The van der Waals surface area contributed by atoms with Gasteiger partial charge < -0.3 is 4.43 Å². The van der Waals surface area contributed by atoms with Gasteiger partial charge in [0.15, 0.2) is 5.78 Å². The number of alkyl halides is 1. The van der Waals surface area contributed by atoms with E-state index >= 15 is 0 Å². The number of ketones is 1. The van der Waals surface area contributed by atoms with Crippen molar-refractivity contribution in [2.45, 2.75) is 45.3 Å². The molecule has 16 heavy (non-hydrogen) atoms. The monoisotopic (exact) mass is 352 g/mol. The SMILES string of the molecule is CC(C)(C)[Si](C)(C)OC1=CC(=O)C(CI)C1. The molecule has 0 aromatic heterocycles. The van der Waals surface area contributed by atoms with Gasteiger partial charge in [-0.15, -0.1) is 0 Å². The second-order valence-electron chi connectivity index (χ2n) is 5.93. The lowest BCUT2D eigenvalue weighted by atomic mass is 10.1. The van der Waals surface area contributed by atoms with Crippen LogP contribution in [0, 0.1) is 5.92 Å². The van der Waals surface area contributed by atoms with Crippen LogP contribution in [0.15, 0.2) is 11.8 Å². The number of carbonyl (C=O) groups is 1. The molecule has 1 aliphatic carbocycles. The Morgan fingerprint density at radius 1 is 1.50 bits per heavy atom. The molecular formula is C12H21IO2Si. The largest absolute Gasteiger partial charge is 0.546 e. The third kappa shape index (κ3) is 3.09. The van der Waals surface area contributed by atoms with Gasteiger partial charge >= 0.3 is 0 Å². The molecule has 1 unspecified atom stereocenters. The predicted octanol–water partition coefficient (Wildman–Crippen LogP) is 3.92. The van der Waals surface area contributed by atoms with Crippen LogP contribution < -0.4 is 0 Å². The van der Waals surface area contributed by atoms with Crippen LogP contribution in [0.3, 0.4) is 0 Å². The van der Waals surface area contributed by atoms with E-state index in [1.165, 1.54) is 0 Å². The quantitative estimate of drug-likeness (QED) is 0.437. The van der Waals surface area contributed by atoms with Crippen LogP contribution in [0.4, 0.5) is 0 Å². The maximum atomic E-state index is 11.6. The Kier molecular flexibility index (Phi) is 4.27. The van der Waals surface area contributed by atoms with E-state index in [0.717, 1.165) is 16.6 Å². The number of allylic oxidation sites excluding steroid dienone is 2. The van der Waals surface area contributed by atoms with Crippen molar-refractivity contribution in [3.63, 3.8) is 0 Å². The van der Waals surface area contributed by atoms with Crippen molar-refractivity contribution in [3.05, 3.63) is 11.8 Å². The van der Waals surface area contributed by atoms with E-state index in [4.69, 9.17) is 4.43 Å². The molecule has 4 heteroatoms. The summed E-state index contributed by atoms with van der Waals surface area (Å²) >= 11 is 2.27. The topological polar surface area (TPSA) is 26.3 Å². The van der Waals surface area contributed by atoms with E-state index in [2.05, 4.69) is 56.5 Å². The zero-order chi connectivity index (χ0) is 12.6. The van der Waals surface area contributed by atoms with Gasteiger partial charge in [-0.3, -0.25) is 4.79 Å². The van der Waals surface area contributed by atoms with Crippen molar-refractivity contribution in [3.8, 4) is 0 Å². The maximum Gasteiger partial charge on any atom is 0.250 e. The summed E-state index contributed by atoms with van der Waals surface area (Å²) in [6, 6.07) is 0. The molecule has 0 aromatic carbocycles. The molecule has 1 atom stereocenters. The van der Waals surface area contributed by atoms with Gasteiger partial charge in [-0.25, -0.2) is 0 Å². The lowest BCUT2D eigenvalue weighted by molar-refractivity contribution is -0.116. The minimum atomic E-state index is -1.76. The molecule has 0 spiro atoms. The van der Waals surface area contributed by atoms with Crippen LogP contribution in [0.2, 0.25) is 18.1 Å². The second kappa shape index (κ2) is 4.80. The van der Waals surface area contributed by atoms with Gasteiger partial charge in [0.2, 0.25) is 8.32 Å². The average molecular weight is 352 g/mol. The van der Waals surface area contributed by atoms with E-state index < -0.39 is 8.32 Å². The van der Waals surface area contributed by atoms with E-state index in [0.29, 0.717) is 0 Å². The Balaban J connectivity index is 2.71. The highest BCUT2D eigenvalue weighted by atomic mass is 127. The molecule has 0 saturated heterocycles. The molecular weight excluding hydrogens is 331 g/mol. The van der Waals surface area contributed by atoms with Gasteiger partial charge in [-0.2, -0.15) is 0 Å². The van der Waals surface area contributed by atoms with Crippen molar-refractivity contribution >= 4 is 36.7 Å². The Morgan fingerprint density at radius 3 is 2.44 bits per heavy atom. The fraction of sp³-hybridized carbons (Fsp3) is 0.750. The first-order chi connectivity index (χ1) is 7.17. The van der Waals surface area contributed by atoms with Gasteiger partial charge in [0, 0.05) is 22.8 Å². The Morgan fingerprint density at radius 2 is 2.06 bits per heavy atom. The van der Waals surface area contributed by atoms with Crippen molar-refractivity contribution in [1.29, 1.82) is 0 Å². The van der Waals surface area contributed by atoms with E-state index in [-0.39, 0.29) is 16.7 Å². The Hall–Kier alpha value is 0.157. The molecule has 92 valence electrons. The smallest absolute Gasteiger partial charge is 0.250 e. The van der Waals surface area contributed by atoms with Crippen molar-refractivity contribution < 1.29 is 9.22 Å². The normalized spacial score (nSPS) is 22.2. The van der Waals surface area contributed by atoms with Gasteiger partial charge in [0.1, 0.15) is 0 Å². The first-order valence-corrected chi connectivity index (χ1v) is 10.1. The maximum absolute atomic E-state index is 11.6. The lowest BCUT2D eigenvalue weighted by Crippen LogP contribution is -2.40. The zero-order valence-corrected chi connectivity index (χ0v) is 13.9. The highest BCUT2D eigenvalue weighted by molar-refractivity contribution is 14.1. The molecule has 0 aliphatic heterocycles. The molecule has 0 heterocycles. The summed E-state index contributed by atoms with van der Waals surface area (Å²) in [4.78, 5) is 11.6. The molecule has 0 N–H and O–H groups in total. The standard InChI is InChI=1S/C12H21IO2Si/c1-12(2,3)16(4,5)15-10-6-9(8-13)11(14)7-10/h7,9H,6,8H2,1-5H3. The van der Waals surface area contributed by atoms with Gasteiger partial charge in [0.25, 0.3) is 0 Å². The Bertz CT molecular complexity index is 315. The minimum Gasteiger partial charge on any atom is -0.546 e. The number of hydrogen-bond acceptors (Lipinski definition) is 2. The van der Waals surface area contributed by atoms with Crippen LogP contribution in [0.5, 0.6) is 0 Å². The molecule has 1 aliphatic rings. The molecule has 0 radical (unpaired) electrons. The highest BCUT2D eigenvalue weighted by Crippen LogP contribution is 2.39. The molecule has 0 saturated carbocycles. The molecule has 0 aromatic rings. The second-order valence-corrected chi connectivity index (χ2v) is 11.5. The molecule has 0 bridgehead atoms. The van der Waals surface area contributed by atoms with Crippen LogP contribution in [-0.4, -0.2) is 18.5 Å². The number of halogens is 1. The first-order valence-electron chi connectivity index (χ1n) is 5.67. The zero-order valence-electron chi connectivity index (χ0n) is 10.8. The molecule has 1 rings (SSSR count). The van der Waals surface area contributed by atoms with Crippen molar-refractivity contribution in [1.82, 2.24) is 0 Å². The van der Waals surface area contributed by atoms with Crippen molar-refractivity contribution in [2.75, 3.05) is 4.43 Å². The first kappa shape index (κ1) is 14.2. The van der Waals surface area contributed by atoms with E-state index in [9.17, 15) is 4.79 Å². The van der Waals surface area contributed by atoms with Gasteiger partial charge in [0.05, 0.1) is 5.76 Å². The summed E-state index contributed by atoms with van der Waals surface area (Å²) in [5, 5.41) is 0.194. The van der Waals surface area contributed by atoms with E-state index in [1.807, 2.05) is 0 Å². The molecule has 2 nitrogen and oxygen atoms in total. The number of hydrogen-bond donors (Lipinski definition) is 0. The summed E-state index contributed by atoms with van der Waals surface area (Å²) in [5.74, 6) is 1.31. The van der Waals surface area contributed by atoms with Crippen LogP contribution in [0.25, 0.3) is 0 Å². The summed E-state index contributed by atoms with van der Waals surface area (Å²) in [6.07, 6.45) is 2.51. The summed E-state index contributed by atoms with van der Waals surface area (Å²) in [6.45, 7) is 11.1. The number of carbonyl (C=O) groups excluding carboxylic acids is 1. The van der Waals surface area contributed by atoms with Gasteiger partial charge in [-0.05, 0) is 18.1 Å². The Labute approximate surface area is 113 Å². The summed E-state index contributed by atoms with van der Waals surface area (Å²) in [7, 11) is -1.76. The van der Waals surface area contributed by atoms with E-state index in [1.54, 1.807) is 6.08 Å².